The molecule has 0 aliphatic rings. The number of benzene rings is 1. The van der Waals surface area contributed by atoms with E-state index in [9.17, 15) is 0 Å². The van der Waals surface area contributed by atoms with Gasteiger partial charge in [0.15, 0.2) is 0 Å². The van der Waals surface area contributed by atoms with Crippen molar-refractivity contribution in [2.45, 2.75) is 6.42 Å². The van der Waals surface area contributed by atoms with Crippen LogP contribution >= 0.6 is 0 Å². The van der Waals surface area contributed by atoms with Gasteiger partial charge in [0.1, 0.15) is 0 Å². The van der Waals surface area contributed by atoms with Crippen LogP contribution in [0.1, 0.15) is 16.8 Å². The van der Waals surface area contributed by atoms with Gasteiger partial charge in [0, 0.05) is 12.0 Å². The van der Waals surface area contributed by atoms with Gasteiger partial charge in [-0.05, 0) is 5.56 Å². The van der Waals surface area contributed by atoms with Gasteiger partial charge < -0.3 is 5.21 Å². The number of aromatic amines is 1. The normalized spacial score (nSPS) is 10.9. The van der Waals surface area contributed by atoms with Crippen LogP contribution in [0.4, 0.5) is 0 Å². The Hall–Kier alpha value is -2.10. The minimum absolute atomic E-state index is 0.737. The van der Waals surface area contributed by atoms with Crippen molar-refractivity contribution >= 4 is 6.21 Å². The molecule has 0 bridgehead atoms. The SMILES string of the molecule is ON=Cc1[nH]ncc1Cc1ccccc1. The number of H-pyrrole nitrogens is 1. The lowest BCUT2D eigenvalue weighted by Crippen LogP contribution is -1.92. The molecule has 0 spiro atoms. The lowest BCUT2D eigenvalue weighted by atomic mass is 10.1. The van der Waals surface area contributed by atoms with Gasteiger partial charge in [0.25, 0.3) is 0 Å². The fraction of sp³-hybridized carbons (Fsp3) is 0.0909. The molecule has 2 rings (SSSR count). The monoisotopic (exact) mass is 201 g/mol. The molecule has 0 unspecified atom stereocenters. The highest BCUT2D eigenvalue weighted by Gasteiger charge is 2.03. The lowest BCUT2D eigenvalue weighted by molar-refractivity contribution is 0.321. The average Bonchev–Trinajstić information content (AvgIpc) is 2.68. The third-order valence-electron chi connectivity index (χ3n) is 2.18. The molecule has 76 valence electrons. The Labute approximate surface area is 87.3 Å². The zero-order chi connectivity index (χ0) is 10.5. The van der Waals surface area contributed by atoms with E-state index in [0.717, 1.165) is 17.7 Å². The highest BCUT2D eigenvalue weighted by atomic mass is 16.4. The molecule has 4 nitrogen and oxygen atoms in total. The molecule has 2 N–H and O–H groups in total. The third-order valence-corrected chi connectivity index (χ3v) is 2.18. The van der Waals surface area contributed by atoms with Crippen molar-refractivity contribution < 1.29 is 5.21 Å². The maximum absolute atomic E-state index is 8.45. The Kier molecular flexibility index (Phi) is 2.78. The summed E-state index contributed by atoms with van der Waals surface area (Å²) in [6, 6.07) is 10.1. The number of rotatable bonds is 3. The highest BCUT2D eigenvalue weighted by Crippen LogP contribution is 2.10. The van der Waals surface area contributed by atoms with Crippen LogP contribution in [0.2, 0.25) is 0 Å². The van der Waals surface area contributed by atoms with E-state index in [-0.39, 0.29) is 0 Å². The van der Waals surface area contributed by atoms with E-state index < -0.39 is 0 Å². The molecule has 0 radical (unpaired) electrons. The number of nitrogens with zero attached hydrogens (tertiary/aromatic N) is 2. The molecular formula is C11H11N3O. The number of oxime groups is 1. The maximum Gasteiger partial charge on any atom is 0.0915 e. The van der Waals surface area contributed by atoms with Gasteiger partial charge in [0.05, 0.1) is 18.1 Å². The quantitative estimate of drug-likeness (QED) is 0.452. The fourth-order valence-corrected chi connectivity index (χ4v) is 1.45. The smallest absolute Gasteiger partial charge is 0.0915 e. The van der Waals surface area contributed by atoms with Gasteiger partial charge in [-0.25, -0.2) is 0 Å². The molecule has 0 atom stereocenters. The average molecular weight is 201 g/mol. The molecule has 0 aliphatic carbocycles. The van der Waals surface area contributed by atoms with Crippen LogP contribution < -0.4 is 0 Å². The molecular weight excluding hydrogens is 190 g/mol. The first-order valence-electron chi connectivity index (χ1n) is 4.64. The molecule has 0 saturated heterocycles. The first-order chi connectivity index (χ1) is 7.40. The highest BCUT2D eigenvalue weighted by molar-refractivity contribution is 5.78. The summed E-state index contributed by atoms with van der Waals surface area (Å²) in [7, 11) is 0. The van der Waals surface area contributed by atoms with E-state index in [4.69, 9.17) is 5.21 Å². The minimum Gasteiger partial charge on any atom is -0.411 e. The van der Waals surface area contributed by atoms with E-state index >= 15 is 0 Å². The van der Waals surface area contributed by atoms with E-state index in [2.05, 4.69) is 15.4 Å². The molecule has 1 heterocycles. The topological polar surface area (TPSA) is 61.3 Å². The van der Waals surface area contributed by atoms with E-state index in [1.54, 1.807) is 6.20 Å². The molecule has 1 aromatic heterocycles. The Balaban J connectivity index is 2.21. The Morgan fingerprint density at radius 1 is 1.33 bits per heavy atom. The van der Waals surface area contributed by atoms with Gasteiger partial charge >= 0.3 is 0 Å². The second-order valence-electron chi connectivity index (χ2n) is 3.22. The number of aromatic nitrogens is 2. The molecule has 0 amide bonds. The van der Waals surface area contributed by atoms with Crippen molar-refractivity contribution in [3.05, 3.63) is 53.3 Å². The van der Waals surface area contributed by atoms with Gasteiger partial charge in [-0.2, -0.15) is 5.10 Å². The van der Waals surface area contributed by atoms with Crippen molar-refractivity contribution in [3.63, 3.8) is 0 Å². The van der Waals surface area contributed by atoms with E-state index in [1.807, 2.05) is 30.3 Å². The van der Waals surface area contributed by atoms with Crippen molar-refractivity contribution in [1.29, 1.82) is 0 Å². The van der Waals surface area contributed by atoms with E-state index in [1.165, 1.54) is 11.8 Å². The van der Waals surface area contributed by atoms with Crippen LogP contribution in [0.3, 0.4) is 0 Å². The third kappa shape index (κ3) is 2.22. The largest absolute Gasteiger partial charge is 0.411 e. The van der Waals surface area contributed by atoms with E-state index in [0.29, 0.717) is 0 Å². The molecule has 1 aromatic carbocycles. The molecule has 2 aromatic rings. The fourth-order valence-electron chi connectivity index (χ4n) is 1.45. The van der Waals surface area contributed by atoms with Crippen LogP contribution in [0, 0.1) is 0 Å². The first kappa shape index (κ1) is 9.45. The van der Waals surface area contributed by atoms with Crippen LogP contribution in [0.15, 0.2) is 41.7 Å². The second kappa shape index (κ2) is 4.41. The summed E-state index contributed by atoms with van der Waals surface area (Å²) in [6.45, 7) is 0. The van der Waals surface area contributed by atoms with Gasteiger partial charge in [-0.15, -0.1) is 0 Å². The number of nitrogens with one attached hydrogen (secondary N) is 1. The lowest BCUT2D eigenvalue weighted by Gasteiger charge is -1.98. The Bertz CT molecular complexity index is 448. The number of hydrogen-bond donors (Lipinski definition) is 2. The van der Waals surface area contributed by atoms with Gasteiger partial charge in [-0.1, -0.05) is 35.5 Å². The molecule has 0 saturated carbocycles. The molecule has 15 heavy (non-hydrogen) atoms. The maximum atomic E-state index is 8.45. The summed E-state index contributed by atoms with van der Waals surface area (Å²) in [4.78, 5) is 0. The molecule has 0 aliphatic heterocycles. The van der Waals surface area contributed by atoms with Crippen LogP contribution in [0.25, 0.3) is 0 Å². The predicted octanol–water partition coefficient (Wildman–Crippen LogP) is 1.81. The van der Waals surface area contributed by atoms with Crippen LogP contribution in [-0.4, -0.2) is 21.6 Å². The van der Waals surface area contributed by atoms with Crippen molar-refractivity contribution in [1.82, 2.24) is 10.2 Å². The van der Waals surface area contributed by atoms with Gasteiger partial charge in [0.2, 0.25) is 0 Å². The summed E-state index contributed by atoms with van der Waals surface area (Å²) in [5.74, 6) is 0. The van der Waals surface area contributed by atoms with Crippen molar-refractivity contribution in [2.24, 2.45) is 5.16 Å². The minimum atomic E-state index is 0.737. The van der Waals surface area contributed by atoms with Crippen molar-refractivity contribution in [2.75, 3.05) is 0 Å². The van der Waals surface area contributed by atoms with Gasteiger partial charge in [-0.3, -0.25) is 5.10 Å². The molecule has 4 heteroatoms. The zero-order valence-electron chi connectivity index (χ0n) is 8.09. The van der Waals surface area contributed by atoms with Crippen LogP contribution in [-0.2, 0) is 6.42 Å². The first-order valence-corrected chi connectivity index (χ1v) is 4.64. The summed E-state index contributed by atoms with van der Waals surface area (Å²) in [6.07, 6.45) is 3.87. The van der Waals surface area contributed by atoms with Crippen molar-refractivity contribution in [3.8, 4) is 0 Å². The molecule has 0 fully saturated rings. The summed E-state index contributed by atoms with van der Waals surface area (Å²) < 4.78 is 0. The Morgan fingerprint density at radius 2 is 2.13 bits per heavy atom. The standard InChI is InChI=1S/C11H11N3O/c15-13-8-11-10(7-12-14-11)6-9-4-2-1-3-5-9/h1-5,7-8,15H,6H2,(H,12,14). The summed E-state index contributed by atoms with van der Waals surface area (Å²) >= 11 is 0. The summed E-state index contributed by atoms with van der Waals surface area (Å²) in [5, 5.41) is 18.1. The zero-order valence-corrected chi connectivity index (χ0v) is 8.09. The number of hydrogen-bond acceptors (Lipinski definition) is 3. The Morgan fingerprint density at radius 3 is 2.87 bits per heavy atom. The van der Waals surface area contributed by atoms with Crippen LogP contribution in [0.5, 0.6) is 0 Å². The summed E-state index contributed by atoms with van der Waals surface area (Å²) in [5.41, 5.74) is 2.95. The predicted molar refractivity (Wildman–Crippen MR) is 57.2 cm³/mol. The second-order valence-corrected chi connectivity index (χ2v) is 3.22.